The quantitative estimate of drug-likeness (QED) is 0.787. The van der Waals surface area contributed by atoms with Gasteiger partial charge >= 0.3 is 0 Å². The van der Waals surface area contributed by atoms with E-state index in [1.807, 2.05) is 18.2 Å². The Morgan fingerprint density at radius 3 is 2.84 bits per heavy atom. The number of fused-ring (bicyclic) bond motifs is 2. The van der Waals surface area contributed by atoms with Crippen LogP contribution < -0.4 is 4.74 Å². The average molecular weight is 267 g/mol. The van der Waals surface area contributed by atoms with Crippen molar-refractivity contribution in [3.8, 4) is 11.8 Å². The maximum atomic E-state index is 9.21. The number of hydrogen-bond acceptors (Lipinski definition) is 3. The molecule has 0 fully saturated rings. The molecule has 0 radical (unpaired) electrons. The lowest BCUT2D eigenvalue weighted by molar-refractivity contribution is 0.414. The highest BCUT2D eigenvalue weighted by atomic mass is 32.2. The predicted octanol–water partition coefficient (Wildman–Crippen LogP) is 3.82. The van der Waals surface area contributed by atoms with Crippen LogP contribution in [0.3, 0.4) is 0 Å². The van der Waals surface area contributed by atoms with Gasteiger partial charge in [-0.3, -0.25) is 0 Å². The van der Waals surface area contributed by atoms with E-state index < -0.39 is 0 Å². The van der Waals surface area contributed by atoms with Crippen LogP contribution in [0.1, 0.15) is 16.7 Å². The topological polar surface area (TPSA) is 33.0 Å². The highest BCUT2D eigenvalue weighted by Gasteiger charge is 2.16. The van der Waals surface area contributed by atoms with Crippen molar-refractivity contribution in [2.45, 2.75) is 22.6 Å². The van der Waals surface area contributed by atoms with Gasteiger partial charge in [-0.25, -0.2) is 0 Å². The summed E-state index contributed by atoms with van der Waals surface area (Å²) in [6.45, 7) is 0. The number of hydrogen-bond donors (Lipinski definition) is 0. The number of nitrogens with zero attached hydrogens (tertiary/aromatic N) is 1. The lowest BCUT2D eigenvalue weighted by Gasteiger charge is -2.07. The van der Waals surface area contributed by atoms with Crippen LogP contribution in [0.2, 0.25) is 0 Å². The molecule has 3 rings (SSSR count). The maximum Gasteiger partial charge on any atom is 0.119 e. The molecular formula is C16H13NOS. The maximum absolute atomic E-state index is 9.21. The van der Waals surface area contributed by atoms with Crippen molar-refractivity contribution in [1.29, 1.82) is 5.26 Å². The van der Waals surface area contributed by atoms with E-state index in [0.29, 0.717) is 0 Å². The Morgan fingerprint density at radius 1 is 1.16 bits per heavy atom. The molecule has 0 unspecified atom stereocenters. The Kier molecular flexibility index (Phi) is 3.18. The first-order chi connectivity index (χ1) is 9.31. The van der Waals surface area contributed by atoms with E-state index >= 15 is 0 Å². The summed E-state index contributed by atoms with van der Waals surface area (Å²) in [5.74, 6) is 0.894. The summed E-state index contributed by atoms with van der Waals surface area (Å²) >= 11 is 1.75. The van der Waals surface area contributed by atoms with Crippen molar-refractivity contribution in [3.05, 3.63) is 53.1 Å². The number of benzene rings is 2. The highest BCUT2D eigenvalue weighted by Crippen LogP contribution is 2.39. The summed E-state index contributed by atoms with van der Waals surface area (Å²) in [4.78, 5) is 2.46. The molecule has 0 aromatic heterocycles. The molecule has 1 aliphatic rings. The van der Waals surface area contributed by atoms with E-state index in [1.54, 1.807) is 18.9 Å². The van der Waals surface area contributed by atoms with Crippen LogP contribution in [0.5, 0.6) is 5.75 Å². The van der Waals surface area contributed by atoms with Crippen LogP contribution in [-0.4, -0.2) is 7.11 Å². The van der Waals surface area contributed by atoms with Gasteiger partial charge in [-0.15, -0.1) is 0 Å². The van der Waals surface area contributed by atoms with Gasteiger partial charge in [-0.1, -0.05) is 17.8 Å². The van der Waals surface area contributed by atoms with Crippen LogP contribution in [0.25, 0.3) is 0 Å². The van der Waals surface area contributed by atoms with Crippen molar-refractivity contribution in [2.24, 2.45) is 0 Å². The summed E-state index contributed by atoms with van der Waals surface area (Å²) in [5, 5.41) is 9.21. The number of rotatable bonds is 1. The average Bonchev–Trinajstić information content (AvgIpc) is 2.65. The minimum absolute atomic E-state index is 0.796. The first kappa shape index (κ1) is 12.1. The van der Waals surface area contributed by atoms with Crippen LogP contribution in [0, 0.1) is 11.3 Å². The molecule has 0 aliphatic carbocycles. The molecule has 1 aliphatic heterocycles. The first-order valence-electron chi connectivity index (χ1n) is 6.18. The van der Waals surface area contributed by atoms with Crippen LogP contribution >= 0.6 is 11.8 Å². The van der Waals surface area contributed by atoms with E-state index in [0.717, 1.165) is 24.2 Å². The normalized spacial score (nSPS) is 12.8. The van der Waals surface area contributed by atoms with E-state index in [1.165, 1.54) is 20.9 Å². The van der Waals surface area contributed by atoms with Gasteiger partial charge in [0.25, 0.3) is 0 Å². The molecule has 0 amide bonds. The van der Waals surface area contributed by atoms with Crippen LogP contribution in [0.4, 0.5) is 0 Å². The lowest BCUT2D eigenvalue weighted by atomic mass is 10.0. The second-order valence-corrected chi connectivity index (χ2v) is 5.55. The SMILES string of the molecule is COc1ccc2c(c1)CCc1c(C#N)cccc1S2. The van der Waals surface area contributed by atoms with Gasteiger partial charge in [0.15, 0.2) is 0 Å². The number of methoxy groups -OCH3 is 1. The zero-order chi connectivity index (χ0) is 13.2. The number of ether oxygens (including phenoxy) is 1. The molecule has 2 aromatic carbocycles. The Bertz CT molecular complexity index is 673. The van der Waals surface area contributed by atoms with E-state index in [4.69, 9.17) is 4.74 Å². The molecule has 2 nitrogen and oxygen atoms in total. The predicted molar refractivity (Wildman–Crippen MR) is 75.7 cm³/mol. The van der Waals surface area contributed by atoms with E-state index in [2.05, 4.69) is 24.3 Å². The molecule has 19 heavy (non-hydrogen) atoms. The third kappa shape index (κ3) is 2.20. The lowest BCUT2D eigenvalue weighted by Crippen LogP contribution is -1.94. The molecule has 94 valence electrons. The van der Waals surface area contributed by atoms with E-state index in [-0.39, 0.29) is 0 Å². The van der Waals surface area contributed by atoms with Crippen molar-refractivity contribution in [2.75, 3.05) is 7.11 Å². The Balaban J connectivity index is 2.07. The third-order valence-electron chi connectivity index (χ3n) is 3.39. The van der Waals surface area contributed by atoms with Gasteiger partial charge in [0, 0.05) is 9.79 Å². The Hall–Kier alpha value is -1.92. The number of nitriles is 1. The highest BCUT2D eigenvalue weighted by molar-refractivity contribution is 7.99. The molecule has 0 bridgehead atoms. The molecule has 1 heterocycles. The van der Waals surface area contributed by atoms with Crippen LogP contribution in [0.15, 0.2) is 46.2 Å². The zero-order valence-corrected chi connectivity index (χ0v) is 11.5. The molecule has 0 saturated carbocycles. The van der Waals surface area contributed by atoms with Gasteiger partial charge in [-0.05, 0) is 54.3 Å². The monoisotopic (exact) mass is 267 g/mol. The number of aryl methyl sites for hydroxylation is 1. The van der Waals surface area contributed by atoms with Crippen molar-refractivity contribution in [3.63, 3.8) is 0 Å². The summed E-state index contributed by atoms with van der Waals surface area (Å²) in [6, 6.07) is 14.4. The fraction of sp³-hybridized carbons (Fsp3) is 0.188. The third-order valence-corrected chi connectivity index (χ3v) is 4.61. The summed E-state index contributed by atoms with van der Waals surface area (Å²) < 4.78 is 5.28. The summed E-state index contributed by atoms with van der Waals surface area (Å²) in [5.41, 5.74) is 3.26. The Morgan fingerprint density at radius 2 is 2.05 bits per heavy atom. The van der Waals surface area contributed by atoms with Gasteiger partial charge in [0.1, 0.15) is 5.75 Å². The summed E-state index contributed by atoms with van der Waals surface area (Å²) in [6.07, 6.45) is 1.86. The van der Waals surface area contributed by atoms with Gasteiger partial charge in [0.05, 0.1) is 18.7 Å². The van der Waals surface area contributed by atoms with Crippen molar-refractivity contribution < 1.29 is 4.74 Å². The van der Waals surface area contributed by atoms with Crippen LogP contribution in [-0.2, 0) is 12.8 Å². The van der Waals surface area contributed by atoms with Gasteiger partial charge in [-0.2, -0.15) is 5.26 Å². The smallest absolute Gasteiger partial charge is 0.119 e. The largest absolute Gasteiger partial charge is 0.497 e. The molecule has 0 saturated heterocycles. The zero-order valence-electron chi connectivity index (χ0n) is 10.6. The van der Waals surface area contributed by atoms with E-state index in [9.17, 15) is 5.26 Å². The van der Waals surface area contributed by atoms with Crippen molar-refractivity contribution >= 4 is 11.8 Å². The van der Waals surface area contributed by atoms with Gasteiger partial charge in [0.2, 0.25) is 0 Å². The fourth-order valence-electron chi connectivity index (χ4n) is 2.38. The van der Waals surface area contributed by atoms with Gasteiger partial charge < -0.3 is 4.74 Å². The molecular weight excluding hydrogens is 254 g/mol. The fourth-order valence-corrected chi connectivity index (χ4v) is 3.53. The molecule has 3 heteroatoms. The minimum Gasteiger partial charge on any atom is -0.497 e. The molecule has 2 aromatic rings. The standard InChI is InChI=1S/C16H13NOS/c1-18-13-6-8-15-11(9-13)5-7-14-12(10-17)3-2-4-16(14)19-15/h2-4,6,8-9H,5,7H2,1H3. The summed E-state index contributed by atoms with van der Waals surface area (Å²) in [7, 11) is 1.69. The molecule has 0 spiro atoms. The molecule has 0 N–H and O–H groups in total. The second kappa shape index (κ2) is 4.99. The van der Waals surface area contributed by atoms with Crippen molar-refractivity contribution in [1.82, 2.24) is 0 Å². The minimum atomic E-state index is 0.796. The molecule has 0 atom stereocenters. The Labute approximate surface area is 117 Å². The first-order valence-corrected chi connectivity index (χ1v) is 7.00. The second-order valence-electron chi connectivity index (χ2n) is 4.47.